The Hall–Kier alpha value is -3.94. The van der Waals surface area contributed by atoms with Crippen molar-refractivity contribution in [3.05, 3.63) is 121 Å². The highest BCUT2D eigenvalue weighted by molar-refractivity contribution is 6.25. The summed E-state index contributed by atoms with van der Waals surface area (Å²) < 4.78 is 0. The standard InChI is InChI=1S/C34H26O/c1-2-34(19-6-20-35)30-10-4-3-9-27(30)28-17-15-25(21-31(28)34)26-16-13-24-12-11-22-7-5-8-23-14-18-29(26)33(24)32(22)23/h2-5,7-18,21,35H,1,6,19-20H2. The Kier molecular flexibility index (Phi) is 4.40. The van der Waals surface area contributed by atoms with Crippen molar-refractivity contribution in [2.24, 2.45) is 0 Å². The Bertz CT molecular complexity index is 1740. The van der Waals surface area contributed by atoms with E-state index in [1.165, 1.54) is 65.7 Å². The summed E-state index contributed by atoms with van der Waals surface area (Å²) in [6, 6.07) is 35.7. The highest BCUT2D eigenvalue weighted by Gasteiger charge is 2.40. The molecule has 35 heavy (non-hydrogen) atoms. The number of benzene rings is 6. The van der Waals surface area contributed by atoms with Gasteiger partial charge in [0.05, 0.1) is 0 Å². The first kappa shape index (κ1) is 20.4. The Labute approximate surface area is 205 Å². The van der Waals surface area contributed by atoms with Gasteiger partial charge in [0.1, 0.15) is 0 Å². The number of aliphatic hydroxyl groups is 1. The van der Waals surface area contributed by atoms with Gasteiger partial charge in [-0.1, -0.05) is 97.1 Å². The fraction of sp³-hybridized carbons (Fsp3) is 0.118. The predicted molar refractivity (Wildman–Crippen MR) is 148 cm³/mol. The zero-order chi connectivity index (χ0) is 23.6. The van der Waals surface area contributed by atoms with Gasteiger partial charge in [-0.05, 0) is 84.6 Å². The first-order valence-corrected chi connectivity index (χ1v) is 12.4. The fourth-order valence-electron chi connectivity index (χ4n) is 6.50. The van der Waals surface area contributed by atoms with E-state index in [0.717, 1.165) is 12.8 Å². The molecule has 0 aliphatic heterocycles. The maximum Gasteiger partial charge on any atom is 0.0431 e. The summed E-state index contributed by atoms with van der Waals surface area (Å²) in [7, 11) is 0. The van der Waals surface area contributed by atoms with Crippen molar-refractivity contribution >= 4 is 32.3 Å². The second-order valence-electron chi connectivity index (χ2n) is 9.78. The van der Waals surface area contributed by atoms with Crippen LogP contribution in [-0.4, -0.2) is 11.7 Å². The molecule has 0 aromatic heterocycles. The number of aliphatic hydroxyl groups excluding tert-OH is 1. The second kappa shape index (κ2) is 7.53. The number of fused-ring (bicyclic) bond motifs is 3. The van der Waals surface area contributed by atoms with Gasteiger partial charge in [-0.25, -0.2) is 0 Å². The summed E-state index contributed by atoms with van der Waals surface area (Å²) in [5.74, 6) is 0. The molecule has 0 fully saturated rings. The van der Waals surface area contributed by atoms with Crippen LogP contribution in [0, 0.1) is 0 Å². The molecule has 168 valence electrons. The van der Waals surface area contributed by atoms with Crippen molar-refractivity contribution in [3.8, 4) is 22.3 Å². The highest BCUT2D eigenvalue weighted by atomic mass is 16.2. The Morgan fingerprint density at radius 3 is 2.14 bits per heavy atom. The quantitative estimate of drug-likeness (QED) is 0.206. The molecule has 0 radical (unpaired) electrons. The third-order valence-electron chi connectivity index (χ3n) is 8.12. The van der Waals surface area contributed by atoms with Crippen molar-refractivity contribution in [3.63, 3.8) is 0 Å². The van der Waals surface area contributed by atoms with Crippen molar-refractivity contribution in [1.82, 2.24) is 0 Å². The van der Waals surface area contributed by atoms with Crippen molar-refractivity contribution < 1.29 is 5.11 Å². The van der Waals surface area contributed by atoms with Crippen LogP contribution in [0.25, 0.3) is 54.6 Å². The summed E-state index contributed by atoms with van der Waals surface area (Å²) in [5, 5.41) is 17.5. The summed E-state index contributed by atoms with van der Waals surface area (Å²) in [4.78, 5) is 0. The van der Waals surface area contributed by atoms with E-state index in [4.69, 9.17) is 0 Å². The van der Waals surface area contributed by atoms with E-state index in [9.17, 15) is 5.11 Å². The van der Waals surface area contributed by atoms with Crippen molar-refractivity contribution in [2.45, 2.75) is 18.3 Å². The van der Waals surface area contributed by atoms with E-state index in [0.29, 0.717) is 0 Å². The molecule has 6 aromatic rings. The molecule has 0 saturated heterocycles. The number of hydrogen-bond acceptors (Lipinski definition) is 1. The SMILES string of the molecule is C=CC1(CCCO)c2ccccc2-c2ccc(-c3ccc4ccc5cccc6ccc3c4c56)cc21. The van der Waals surface area contributed by atoms with E-state index in [1.807, 2.05) is 0 Å². The molecule has 0 amide bonds. The highest BCUT2D eigenvalue weighted by Crippen LogP contribution is 2.53. The molecule has 6 aromatic carbocycles. The third-order valence-corrected chi connectivity index (χ3v) is 8.12. The van der Waals surface area contributed by atoms with Gasteiger partial charge < -0.3 is 5.11 Å². The molecular formula is C34H26O. The summed E-state index contributed by atoms with van der Waals surface area (Å²) in [6.45, 7) is 4.47. The van der Waals surface area contributed by atoms with Crippen LogP contribution in [-0.2, 0) is 5.41 Å². The first-order chi connectivity index (χ1) is 17.2. The average molecular weight is 451 g/mol. The zero-order valence-electron chi connectivity index (χ0n) is 19.6. The van der Waals surface area contributed by atoms with Crippen LogP contribution in [0.2, 0.25) is 0 Å². The van der Waals surface area contributed by atoms with Crippen LogP contribution in [0.1, 0.15) is 24.0 Å². The van der Waals surface area contributed by atoms with Crippen LogP contribution < -0.4 is 0 Å². The van der Waals surface area contributed by atoms with Crippen LogP contribution in [0.5, 0.6) is 0 Å². The maximum absolute atomic E-state index is 9.68. The summed E-state index contributed by atoms with van der Waals surface area (Å²) in [5.41, 5.74) is 7.35. The van der Waals surface area contributed by atoms with Gasteiger partial charge in [0, 0.05) is 12.0 Å². The largest absolute Gasteiger partial charge is 0.396 e. The van der Waals surface area contributed by atoms with Crippen LogP contribution in [0.4, 0.5) is 0 Å². The second-order valence-corrected chi connectivity index (χ2v) is 9.78. The Morgan fingerprint density at radius 1 is 0.657 bits per heavy atom. The zero-order valence-corrected chi connectivity index (χ0v) is 19.6. The third kappa shape index (κ3) is 2.73. The van der Waals surface area contributed by atoms with Gasteiger partial charge in [-0.2, -0.15) is 0 Å². The van der Waals surface area contributed by atoms with Crippen LogP contribution in [0.3, 0.4) is 0 Å². The molecule has 1 atom stereocenters. The van der Waals surface area contributed by atoms with E-state index < -0.39 is 0 Å². The molecule has 7 rings (SSSR count). The topological polar surface area (TPSA) is 20.2 Å². The van der Waals surface area contributed by atoms with E-state index in [1.54, 1.807) is 0 Å². The molecule has 1 aliphatic rings. The minimum absolute atomic E-state index is 0.182. The van der Waals surface area contributed by atoms with Gasteiger partial charge in [-0.15, -0.1) is 6.58 Å². The van der Waals surface area contributed by atoms with Gasteiger partial charge in [0.25, 0.3) is 0 Å². The fourth-order valence-corrected chi connectivity index (χ4v) is 6.50. The van der Waals surface area contributed by atoms with Gasteiger partial charge in [0.2, 0.25) is 0 Å². The number of rotatable bonds is 5. The monoisotopic (exact) mass is 450 g/mol. The lowest BCUT2D eigenvalue weighted by Gasteiger charge is -2.29. The van der Waals surface area contributed by atoms with Crippen LogP contribution in [0.15, 0.2) is 110 Å². The van der Waals surface area contributed by atoms with E-state index in [2.05, 4.69) is 110 Å². The van der Waals surface area contributed by atoms with Crippen molar-refractivity contribution in [2.75, 3.05) is 6.61 Å². The van der Waals surface area contributed by atoms with Crippen LogP contribution >= 0.6 is 0 Å². The van der Waals surface area contributed by atoms with E-state index >= 15 is 0 Å². The number of allylic oxidation sites excluding steroid dienone is 1. The minimum Gasteiger partial charge on any atom is -0.396 e. The van der Waals surface area contributed by atoms with Crippen molar-refractivity contribution in [1.29, 1.82) is 0 Å². The lowest BCUT2D eigenvalue weighted by Crippen LogP contribution is -2.22. The lowest BCUT2D eigenvalue weighted by atomic mass is 9.74. The summed E-state index contributed by atoms with van der Waals surface area (Å²) in [6.07, 6.45) is 3.68. The molecule has 1 heteroatoms. The average Bonchev–Trinajstić information content (AvgIpc) is 3.20. The molecular weight excluding hydrogens is 424 g/mol. The first-order valence-electron chi connectivity index (χ1n) is 12.4. The van der Waals surface area contributed by atoms with E-state index in [-0.39, 0.29) is 12.0 Å². The van der Waals surface area contributed by atoms with Gasteiger partial charge in [0.15, 0.2) is 0 Å². The predicted octanol–water partition coefficient (Wildman–Crippen LogP) is 8.48. The molecule has 1 nitrogen and oxygen atoms in total. The molecule has 0 spiro atoms. The number of hydrogen-bond donors (Lipinski definition) is 1. The molecule has 1 N–H and O–H groups in total. The minimum atomic E-state index is -0.283. The van der Waals surface area contributed by atoms with Gasteiger partial charge in [-0.3, -0.25) is 0 Å². The molecule has 0 heterocycles. The smallest absolute Gasteiger partial charge is 0.0431 e. The normalized spacial score (nSPS) is 16.7. The summed E-state index contributed by atoms with van der Waals surface area (Å²) >= 11 is 0. The Balaban J connectivity index is 1.50. The molecule has 0 saturated carbocycles. The lowest BCUT2D eigenvalue weighted by molar-refractivity contribution is 0.276. The van der Waals surface area contributed by atoms with Gasteiger partial charge >= 0.3 is 0 Å². The Morgan fingerprint density at radius 2 is 1.34 bits per heavy atom. The molecule has 1 aliphatic carbocycles. The molecule has 1 unspecified atom stereocenters. The molecule has 0 bridgehead atoms. The maximum atomic E-state index is 9.68.